The fourth-order valence-corrected chi connectivity index (χ4v) is 1.90. The van der Waals surface area contributed by atoms with Gasteiger partial charge in [0.1, 0.15) is 6.07 Å². The van der Waals surface area contributed by atoms with E-state index in [1.54, 1.807) is 6.07 Å². The topological polar surface area (TPSA) is 35.8 Å². The first kappa shape index (κ1) is 13.9. The number of hydrogen-bond donors (Lipinski definition) is 1. The summed E-state index contributed by atoms with van der Waals surface area (Å²) in [5.41, 5.74) is 1.52. The first-order valence-corrected chi connectivity index (χ1v) is 6.59. The van der Waals surface area contributed by atoms with Crippen LogP contribution in [0.25, 0.3) is 0 Å². The minimum absolute atomic E-state index is 0.517. The second-order valence-corrected chi connectivity index (χ2v) is 4.55. The van der Waals surface area contributed by atoms with Gasteiger partial charge in [-0.2, -0.15) is 5.26 Å². The molecule has 1 aromatic rings. The molecule has 0 amide bonds. The molecule has 1 aromatic carbocycles. The Hall–Kier alpha value is -1.20. The predicted molar refractivity (Wildman–Crippen MR) is 73.4 cm³/mol. The third-order valence-electron chi connectivity index (χ3n) is 2.70. The Balaban J connectivity index is 2.28. The molecule has 0 atom stereocenters. The van der Waals surface area contributed by atoms with Crippen molar-refractivity contribution < 1.29 is 0 Å². The molecule has 2 nitrogen and oxygen atoms in total. The number of rotatable bonds is 7. The van der Waals surface area contributed by atoms with E-state index in [9.17, 15) is 0 Å². The van der Waals surface area contributed by atoms with E-state index in [1.165, 1.54) is 32.1 Å². The number of hydrogen-bond acceptors (Lipinski definition) is 2. The van der Waals surface area contributed by atoms with Gasteiger partial charge in [-0.05, 0) is 24.6 Å². The highest BCUT2D eigenvalue weighted by atomic mass is 35.5. The van der Waals surface area contributed by atoms with Crippen LogP contribution in [-0.2, 0) is 0 Å². The van der Waals surface area contributed by atoms with Gasteiger partial charge in [-0.15, -0.1) is 0 Å². The fourth-order valence-electron chi connectivity index (χ4n) is 1.68. The number of nitrogens with zero attached hydrogens (tertiary/aromatic N) is 1. The van der Waals surface area contributed by atoms with Crippen LogP contribution in [0.1, 0.15) is 44.6 Å². The molecular weight excluding hydrogens is 232 g/mol. The first-order chi connectivity index (χ1) is 8.27. The number of halogens is 1. The van der Waals surface area contributed by atoms with Crippen LogP contribution in [0.5, 0.6) is 0 Å². The Morgan fingerprint density at radius 2 is 2.00 bits per heavy atom. The molecule has 1 N–H and O–H groups in total. The average Bonchev–Trinajstić information content (AvgIpc) is 2.34. The summed E-state index contributed by atoms with van der Waals surface area (Å²) in [7, 11) is 0. The van der Waals surface area contributed by atoms with Crippen molar-refractivity contribution in [1.29, 1.82) is 5.26 Å². The highest BCUT2D eigenvalue weighted by Crippen LogP contribution is 2.20. The Morgan fingerprint density at radius 3 is 2.65 bits per heavy atom. The lowest BCUT2D eigenvalue weighted by molar-refractivity contribution is 0.645. The van der Waals surface area contributed by atoms with Crippen molar-refractivity contribution in [3.63, 3.8) is 0 Å². The maximum absolute atomic E-state index is 8.75. The molecule has 0 spiro atoms. The lowest BCUT2D eigenvalue weighted by Gasteiger charge is -2.07. The van der Waals surface area contributed by atoms with E-state index in [-0.39, 0.29) is 0 Å². The van der Waals surface area contributed by atoms with Gasteiger partial charge in [-0.25, -0.2) is 0 Å². The van der Waals surface area contributed by atoms with E-state index in [0.29, 0.717) is 10.6 Å². The van der Waals surface area contributed by atoms with Crippen LogP contribution in [0.15, 0.2) is 18.2 Å². The standard InChI is InChI=1S/C14H19ClN2/c1-2-3-4-5-6-9-17-13-8-7-12(11-16)14(15)10-13/h7-8,10,17H,2-6,9H2,1H3. The lowest BCUT2D eigenvalue weighted by Crippen LogP contribution is -2.01. The minimum atomic E-state index is 0.517. The van der Waals surface area contributed by atoms with Crippen LogP contribution in [-0.4, -0.2) is 6.54 Å². The van der Waals surface area contributed by atoms with Crippen molar-refractivity contribution in [2.24, 2.45) is 0 Å². The van der Waals surface area contributed by atoms with Crippen molar-refractivity contribution in [3.05, 3.63) is 28.8 Å². The smallest absolute Gasteiger partial charge is 0.101 e. The Labute approximate surface area is 109 Å². The van der Waals surface area contributed by atoms with E-state index in [0.717, 1.165) is 12.2 Å². The van der Waals surface area contributed by atoms with Gasteiger partial charge >= 0.3 is 0 Å². The van der Waals surface area contributed by atoms with Crippen molar-refractivity contribution in [1.82, 2.24) is 0 Å². The van der Waals surface area contributed by atoms with Gasteiger partial charge in [0.05, 0.1) is 10.6 Å². The Kier molecular flexibility index (Phi) is 6.50. The third-order valence-corrected chi connectivity index (χ3v) is 3.01. The fraction of sp³-hybridized carbons (Fsp3) is 0.500. The van der Waals surface area contributed by atoms with E-state index in [2.05, 4.69) is 18.3 Å². The highest BCUT2D eigenvalue weighted by molar-refractivity contribution is 6.32. The second-order valence-electron chi connectivity index (χ2n) is 4.15. The van der Waals surface area contributed by atoms with E-state index < -0.39 is 0 Å². The van der Waals surface area contributed by atoms with Crippen LogP contribution >= 0.6 is 11.6 Å². The van der Waals surface area contributed by atoms with Crippen LogP contribution in [0.3, 0.4) is 0 Å². The van der Waals surface area contributed by atoms with Crippen molar-refractivity contribution in [2.45, 2.75) is 39.0 Å². The summed E-state index contributed by atoms with van der Waals surface area (Å²) in [5, 5.41) is 12.6. The van der Waals surface area contributed by atoms with Gasteiger partial charge in [0, 0.05) is 12.2 Å². The average molecular weight is 251 g/mol. The molecule has 0 saturated carbocycles. The quantitative estimate of drug-likeness (QED) is 0.719. The molecule has 0 saturated heterocycles. The van der Waals surface area contributed by atoms with Crippen molar-refractivity contribution >= 4 is 17.3 Å². The molecule has 0 aliphatic rings. The predicted octanol–water partition coefficient (Wildman–Crippen LogP) is 4.59. The summed E-state index contributed by atoms with van der Waals surface area (Å²) in [6, 6.07) is 7.52. The summed E-state index contributed by atoms with van der Waals surface area (Å²) >= 11 is 5.95. The Bertz CT molecular complexity index is 382. The molecule has 0 aromatic heterocycles. The normalized spacial score (nSPS) is 9.94. The van der Waals surface area contributed by atoms with E-state index in [4.69, 9.17) is 16.9 Å². The van der Waals surface area contributed by atoms with Crippen LogP contribution < -0.4 is 5.32 Å². The van der Waals surface area contributed by atoms with Crippen LogP contribution in [0, 0.1) is 11.3 Å². The van der Waals surface area contributed by atoms with Gasteiger partial charge < -0.3 is 5.32 Å². The van der Waals surface area contributed by atoms with Gasteiger partial charge in [0.2, 0.25) is 0 Å². The van der Waals surface area contributed by atoms with Crippen molar-refractivity contribution in [2.75, 3.05) is 11.9 Å². The number of nitrogens with one attached hydrogen (secondary N) is 1. The molecule has 0 aliphatic carbocycles. The molecule has 92 valence electrons. The zero-order valence-electron chi connectivity index (χ0n) is 10.3. The minimum Gasteiger partial charge on any atom is -0.385 e. The number of nitriles is 1. The molecule has 1 rings (SSSR count). The largest absolute Gasteiger partial charge is 0.385 e. The number of anilines is 1. The second kappa shape index (κ2) is 7.97. The molecule has 0 heterocycles. The summed E-state index contributed by atoms with van der Waals surface area (Å²) in [5.74, 6) is 0. The van der Waals surface area contributed by atoms with Crippen molar-refractivity contribution in [3.8, 4) is 6.07 Å². The van der Waals surface area contributed by atoms with E-state index >= 15 is 0 Å². The first-order valence-electron chi connectivity index (χ1n) is 6.21. The Morgan fingerprint density at radius 1 is 1.24 bits per heavy atom. The van der Waals surface area contributed by atoms with Gasteiger partial charge in [-0.3, -0.25) is 0 Å². The summed E-state index contributed by atoms with van der Waals surface area (Å²) < 4.78 is 0. The van der Waals surface area contributed by atoms with Crippen LogP contribution in [0.2, 0.25) is 5.02 Å². The molecule has 0 unspecified atom stereocenters. The molecule has 0 radical (unpaired) electrons. The number of benzene rings is 1. The molecule has 0 fully saturated rings. The summed E-state index contributed by atoms with van der Waals surface area (Å²) in [4.78, 5) is 0. The summed E-state index contributed by atoms with van der Waals surface area (Å²) in [6.45, 7) is 3.18. The van der Waals surface area contributed by atoms with E-state index in [1.807, 2.05) is 12.1 Å². The van der Waals surface area contributed by atoms with Crippen LogP contribution in [0.4, 0.5) is 5.69 Å². The maximum Gasteiger partial charge on any atom is 0.101 e. The molecule has 3 heteroatoms. The molecular formula is C14H19ClN2. The number of unbranched alkanes of at least 4 members (excludes halogenated alkanes) is 4. The highest BCUT2D eigenvalue weighted by Gasteiger charge is 2.00. The van der Waals surface area contributed by atoms with Gasteiger partial charge in [-0.1, -0.05) is 44.2 Å². The zero-order valence-corrected chi connectivity index (χ0v) is 11.1. The maximum atomic E-state index is 8.75. The SMILES string of the molecule is CCCCCCCNc1ccc(C#N)c(Cl)c1. The molecule has 0 aliphatic heterocycles. The van der Waals surface area contributed by atoms with Gasteiger partial charge in [0.25, 0.3) is 0 Å². The zero-order chi connectivity index (χ0) is 12.5. The molecule has 0 bridgehead atoms. The third kappa shape index (κ3) is 5.10. The summed E-state index contributed by atoms with van der Waals surface area (Å²) in [6.07, 6.45) is 6.36. The van der Waals surface area contributed by atoms with Gasteiger partial charge in [0.15, 0.2) is 0 Å². The lowest BCUT2D eigenvalue weighted by atomic mass is 10.1. The molecule has 17 heavy (non-hydrogen) atoms. The monoisotopic (exact) mass is 250 g/mol.